The van der Waals surface area contributed by atoms with E-state index in [-0.39, 0.29) is 11.9 Å². The number of carbonyl (C=O) groups is 1. The van der Waals surface area contributed by atoms with Crippen LogP contribution in [-0.4, -0.2) is 17.4 Å². The fourth-order valence-corrected chi connectivity index (χ4v) is 4.54. The first kappa shape index (κ1) is 20.3. The van der Waals surface area contributed by atoms with Crippen molar-refractivity contribution in [2.75, 3.05) is 11.4 Å². The van der Waals surface area contributed by atoms with E-state index in [1.54, 1.807) is 0 Å². The minimum Gasteiger partial charge on any atom is -0.352 e. The highest BCUT2D eigenvalue weighted by Gasteiger charge is 2.21. The number of anilines is 1. The van der Waals surface area contributed by atoms with Gasteiger partial charge in [0.1, 0.15) is 5.82 Å². The fourth-order valence-electron chi connectivity index (χ4n) is 4.54. The van der Waals surface area contributed by atoms with E-state index in [9.17, 15) is 4.79 Å². The Morgan fingerprint density at radius 1 is 0.969 bits per heavy atom. The number of hydrogen-bond acceptors (Lipinski definition) is 3. The summed E-state index contributed by atoms with van der Waals surface area (Å²) in [6.45, 7) is 3.80. The molecule has 5 rings (SSSR count). The zero-order chi connectivity index (χ0) is 21.9. The van der Waals surface area contributed by atoms with E-state index in [1.165, 1.54) is 11.1 Å². The molecule has 0 aliphatic carbocycles. The van der Waals surface area contributed by atoms with E-state index in [2.05, 4.69) is 53.5 Å². The first-order valence-electron chi connectivity index (χ1n) is 11.3. The summed E-state index contributed by atoms with van der Waals surface area (Å²) in [5.74, 6) is 0.800. The lowest BCUT2D eigenvalue weighted by atomic mass is 9.99. The van der Waals surface area contributed by atoms with E-state index in [4.69, 9.17) is 4.98 Å². The highest BCUT2D eigenvalue weighted by molar-refractivity contribution is 6.07. The molecule has 1 aromatic heterocycles. The molecule has 0 spiro atoms. The average molecular weight is 422 g/mol. The van der Waals surface area contributed by atoms with Crippen LogP contribution in [-0.2, 0) is 13.0 Å². The lowest BCUT2D eigenvalue weighted by Crippen LogP contribution is -2.32. The van der Waals surface area contributed by atoms with Gasteiger partial charge in [0.2, 0.25) is 0 Å². The van der Waals surface area contributed by atoms with Gasteiger partial charge in [-0.3, -0.25) is 4.79 Å². The maximum absolute atomic E-state index is 13.5. The first-order chi connectivity index (χ1) is 15.7. The van der Waals surface area contributed by atoms with E-state index >= 15 is 0 Å². The van der Waals surface area contributed by atoms with E-state index in [0.29, 0.717) is 5.56 Å². The third-order valence-electron chi connectivity index (χ3n) is 6.32. The molecular formula is C28H27N3O. The van der Waals surface area contributed by atoms with Crippen molar-refractivity contribution >= 4 is 22.6 Å². The molecule has 0 saturated heterocycles. The number of fused-ring (bicyclic) bond motifs is 2. The summed E-state index contributed by atoms with van der Waals surface area (Å²) in [5, 5.41) is 4.14. The van der Waals surface area contributed by atoms with Gasteiger partial charge in [-0.15, -0.1) is 0 Å². The molecule has 0 saturated carbocycles. The van der Waals surface area contributed by atoms with Gasteiger partial charge in [0.25, 0.3) is 5.91 Å². The van der Waals surface area contributed by atoms with Gasteiger partial charge in [0.05, 0.1) is 17.1 Å². The van der Waals surface area contributed by atoms with Gasteiger partial charge in [-0.1, -0.05) is 79.7 Å². The molecule has 1 amide bonds. The van der Waals surface area contributed by atoms with Crippen LogP contribution in [0.25, 0.3) is 10.9 Å². The van der Waals surface area contributed by atoms with Crippen LogP contribution in [0.1, 0.15) is 46.4 Å². The summed E-state index contributed by atoms with van der Waals surface area (Å²) in [7, 11) is 0. The van der Waals surface area contributed by atoms with Crippen LogP contribution in [0.3, 0.4) is 0 Å². The Hall–Kier alpha value is -3.66. The minimum absolute atomic E-state index is 0.0269. The number of carbonyl (C=O) groups excluding carboxylic acids is 1. The molecule has 0 fully saturated rings. The molecule has 0 radical (unpaired) electrons. The summed E-state index contributed by atoms with van der Waals surface area (Å²) < 4.78 is 0. The van der Waals surface area contributed by atoms with Crippen molar-refractivity contribution < 1.29 is 4.79 Å². The third-order valence-corrected chi connectivity index (χ3v) is 6.32. The van der Waals surface area contributed by atoms with Crippen LogP contribution in [0.5, 0.6) is 0 Å². The van der Waals surface area contributed by atoms with Gasteiger partial charge in [0.15, 0.2) is 0 Å². The summed E-state index contributed by atoms with van der Waals surface area (Å²) in [5.41, 5.74) is 5.38. The summed E-state index contributed by atoms with van der Waals surface area (Å²) in [6.07, 6.45) is 1.81. The van der Waals surface area contributed by atoms with Crippen molar-refractivity contribution in [3.63, 3.8) is 0 Å². The van der Waals surface area contributed by atoms with Gasteiger partial charge in [0, 0.05) is 18.5 Å². The number of pyridine rings is 1. The molecule has 160 valence electrons. The molecule has 1 N–H and O–H groups in total. The van der Waals surface area contributed by atoms with Gasteiger partial charge < -0.3 is 10.2 Å². The maximum atomic E-state index is 13.5. The third kappa shape index (κ3) is 3.96. The van der Waals surface area contributed by atoms with Crippen LogP contribution < -0.4 is 10.2 Å². The Kier molecular flexibility index (Phi) is 5.59. The Labute approximate surface area is 188 Å². The zero-order valence-electron chi connectivity index (χ0n) is 18.3. The summed E-state index contributed by atoms with van der Waals surface area (Å²) in [4.78, 5) is 20.7. The molecule has 2 heterocycles. The van der Waals surface area contributed by atoms with Crippen molar-refractivity contribution in [1.29, 1.82) is 0 Å². The van der Waals surface area contributed by atoms with Crippen molar-refractivity contribution in [2.24, 2.45) is 0 Å². The number of nitrogens with one attached hydrogen (secondary N) is 1. The predicted molar refractivity (Wildman–Crippen MR) is 130 cm³/mol. The molecule has 4 nitrogen and oxygen atoms in total. The number of benzene rings is 3. The molecule has 1 aliphatic heterocycles. The number of rotatable bonds is 5. The van der Waals surface area contributed by atoms with Crippen molar-refractivity contribution in [3.8, 4) is 0 Å². The normalized spacial score (nSPS) is 14.1. The molecule has 0 bridgehead atoms. The molecule has 1 atom stereocenters. The van der Waals surface area contributed by atoms with Crippen LogP contribution >= 0.6 is 0 Å². The maximum Gasteiger partial charge on any atom is 0.252 e. The zero-order valence-corrected chi connectivity index (χ0v) is 18.3. The second-order valence-corrected chi connectivity index (χ2v) is 8.33. The molecular weight excluding hydrogens is 394 g/mol. The van der Waals surface area contributed by atoms with Gasteiger partial charge in [-0.05, 0) is 41.7 Å². The van der Waals surface area contributed by atoms with Gasteiger partial charge in [-0.25, -0.2) is 4.98 Å². The Morgan fingerprint density at radius 2 is 1.69 bits per heavy atom. The van der Waals surface area contributed by atoms with E-state index < -0.39 is 0 Å². The second-order valence-electron chi connectivity index (χ2n) is 8.33. The lowest BCUT2D eigenvalue weighted by molar-refractivity contribution is 0.0937. The largest absolute Gasteiger partial charge is 0.352 e. The predicted octanol–water partition coefficient (Wildman–Crippen LogP) is 5.68. The number of hydrogen-bond donors (Lipinski definition) is 1. The first-order valence-corrected chi connectivity index (χ1v) is 11.3. The molecule has 32 heavy (non-hydrogen) atoms. The highest BCUT2D eigenvalue weighted by Crippen LogP contribution is 2.28. The molecule has 4 heteroatoms. The van der Waals surface area contributed by atoms with Crippen molar-refractivity contribution in [1.82, 2.24) is 10.3 Å². The molecule has 0 unspecified atom stereocenters. The number of amides is 1. The van der Waals surface area contributed by atoms with E-state index in [1.807, 2.05) is 48.5 Å². The second kappa shape index (κ2) is 8.83. The fraction of sp³-hybridized carbons (Fsp3) is 0.214. The minimum atomic E-state index is -0.0574. The Balaban J connectivity index is 1.49. The molecule has 1 aliphatic rings. The smallest absolute Gasteiger partial charge is 0.252 e. The van der Waals surface area contributed by atoms with Crippen LogP contribution in [0.4, 0.5) is 5.82 Å². The van der Waals surface area contributed by atoms with Crippen LogP contribution in [0.2, 0.25) is 0 Å². The van der Waals surface area contributed by atoms with Crippen molar-refractivity contribution in [3.05, 3.63) is 107 Å². The number of para-hydroxylation sites is 1. The van der Waals surface area contributed by atoms with Gasteiger partial charge in [-0.2, -0.15) is 0 Å². The standard InChI is InChI=1S/C28H27N3O/c1-2-25(21-11-4-3-5-12-21)30-28(32)24-18-27(29-26-15-9-8-14-23(24)26)31-17-16-20-10-6-7-13-22(20)19-31/h3-15,18,25H,2,16-17,19H2,1H3,(H,30,32)/t25-/m0/s1. The Bertz CT molecular complexity index is 1250. The number of aromatic nitrogens is 1. The monoisotopic (exact) mass is 421 g/mol. The highest BCUT2D eigenvalue weighted by atomic mass is 16.1. The average Bonchev–Trinajstić information content (AvgIpc) is 2.86. The number of nitrogens with zero attached hydrogens (tertiary/aromatic N) is 2. The quantitative estimate of drug-likeness (QED) is 0.451. The topological polar surface area (TPSA) is 45.2 Å². The molecule has 3 aromatic carbocycles. The van der Waals surface area contributed by atoms with E-state index in [0.717, 1.165) is 48.2 Å². The lowest BCUT2D eigenvalue weighted by Gasteiger charge is -2.30. The van der Waals surface area contributed by atoms with Crippen LogP contribution in [0.15, 0.2) is 84.9 Å². The Morgan fingerprint density at radius 3 is 2.50 bits per heavy atom. The van der Waals surface area contributed by atoms with Gasteiger partial charge >= 0.3 is 0 Å². The summed E-state index contributed by atoms with van der Waals surface area (Å²) >= 11 is 0. The SMILES string of the molecule is CC[C@H](NC(=O)c1cc(N2CCc3ccccc3C2)nc2ccccc12)c1ccccc1. The summed E-state index contributed by atoms with van der Waals surface area (Å²) in [6, 6.07) is 28.6. The van der Waals surface area contributed by atoms with Crippen molar-refractivity contribution in [2.45, 2.75) is 32.4 Å². The van der Waals surface area contributed by atoms with Crippen LogP contribution in [0, 0.1) is 0 Å². The molecule has 4 aromatic rings.